The van der Waals surface area contributed by atoms with Gasteiger partial charge in [0.2, 0.25) is 0 Å². The van der Waals surface area contributed by atoms with Crippen molar-refractivity contribution in [3.8, 4) is 0 Å². The van der Waals surface area contributed by atoms with Crippen LogP contribution in [0.2, 0.25) is 12.6 Å². The third-order valence-electron chi connectivity index (χ3n) is 2.75. The Kier molecular flexibility index (Phi) is 4.83. The molecule has 1 saturated heterocycles. The molecule has 0 aromatic carbocycles. The maximum Gasteiger partial charge on any atom is 0.0660 e. The van der Waals surface area contributed by atoms with Crippen molar-refractivity contribution in [3.63, 3.8) is 0 Å². The van der Waals surface area contributed by atoms with E-state index in [1.165, 1.54) is 0 Å². The molecule has 1 aliphatic rings. The van der Waals surface area contributed by atoms with Crippen LogP contribution in [-0.2, 0) is 0 Å². The molecule has 1 rings (SSSR count). The topological polar surface area (TPSA) is 3.24 Å². The first-order chi connectivity index (χ1) is 5.76. The zero-order chi connectivity index (χ0) is 9.03. The molecule has 4 radical (unpaired) electrons. The average Bonchev–Trinajstić information content (AvgIpc) is 2.18. The first-order valence-corrected chi connectivity index (χ1v) is 7.52. The largest absolute Gasteiger partial charge is 0.242 e. The van der Waals surface area contributed by atoms with E-state index >= 15 is 0 Å². The number of rotatable bonds is 3. The van der Waals surface area contributed by atoms with Crippen LogP contribution in [0.4, 0.5) is 0 Å². The van der Waals surface area contributed by atoms with E-state index in [9.17, 15) is 0 Å². The van der Waals surface area contributed by atoms with Gasteiger partial charge in [0, 0.05) is 34.3 Å². The van der Waals surface area contributed by atoms with Gasteiger partial charge in [-0.15, -0.1) is 0 Å². The molecule has 1 heterocycles. The molecule has 0 amide bonds. The van der Waals surface area contributed by atoms with E-state index in [2.05, 4.69) is 25.5 Å². The lowest BCUT2D eigenvalue weighted by atomic mass is 9.63. The number of halogens is 1. The molecule has 0 saturated carbocycles. The highest BCUT2D eigenvalue weighted by atomic mass is 127. The summed E-state index contributed by atoms with van der Waals surface area (Å²) in [5, 5.41) is 0. The highest BCUT2D eigenvalue weighted by Crippen LogP contribution is 2.39. The molecule has 0 atom stereocenters. The Morgan fingerprint density at radius 1 is 1.25 bits per heavy atom. The van der Waals surface area contributed by atoms with Crippen molar-refractivity contribution in [1.29, 1.82) is 0 Å². The molecule has 5 heteroatoms. The molecular formula is C7H12B2INS. The van der Waals surface area contributed by atoms with Crippen molar-refractivity contribution in [2.75, 3.05) is 13.1 Å². The molecule has 0 bridgehead atoms. The molecule has 0 aliphatic carbocycles. The fraction of sp³-hybridized carbons (Fsp3) is 1.00. The van der Waals surface area contributed by atoms with Crippen molar-refractivity contribution < 1.29 is 0 Å². The lowest BCUT2D eigenvalue weighted by Gasteiger charge is -2.40. The molecule has 1 nitrogen and oxygen atoms in total. The smallest absolute Gasteiger partial charge is 0.0660 e. The van der Waals surface area contributed by atoms with Crippen molar-refractivity contribution in [2.24, 2.45) is 5.41 Å². The predicted octanol–water partition coefficient (Wildman–Crippen LogP) is 2.24. The summed E-state index contributed by atoms with van der Waals surface area (Å²) in [4.78, 5) is 0. The van der Waals surface area contributed by atoms with E-state index in [1.807, 2.05) is 0 Å². The van der Waals surface area contributed by atoms with Gasteiger partial charge in [0.1, 0.15) is 0 Å². The van der Waals surface area contributed by atoms with Crippen molar-refractivity contribution in [3.05, 3.63) is 0 Å². The highest BCUT2D eigenvalue weighted by Gasteiger charge is 2.30. The number of hydrogen-bond acceptors (Lipinski definition) is 2. The second kappa shape index (κ2) is 5.15. The molecule has 0 aromatic heterocycles. The van der Waals surface area contributed by atoms with Gasteiger partial charge in [0.05, 0.1) is 15.7 Å². The summed E-state index contributed by atoms with van der Waals surface area (Å²) in [6.45, 7) is 2.25. The lowest BCUT2D eigenvalue weighted by molar-refractivity contribution is 0.207. The number of nitrogens with zero attached hydrogens (tertiary/aromatic N) is 1. The molecule has 1 aliphatic heterocycles. The Morgan fingerprint density at radius 2 is 1.75 bits per heavy atom. The van der Waals surface area contributed by atoms with Crippen molar-refractivity contribution in [2.45, 2.75) is 25.5 Å². The molecule has 64 valence electrons. The van der Waals surface area contributed by atoms with Gasteiger partial charge in [0.15, 0.2) is 0 Å². The molecule has 1 fully saturated rings. The van der Waals surface area contributed by atoms with E-state index < -0.39 is 0 Å². The minimum Gasteiger partial charge on any atom is -0.242 e. The Morgan fingerprint density at radius 3 is 2.08 bits per heavy atom. The maximum atomic E-state index is 5.73. The zero-order valence-electron chi connectivity index (χ0n) is 7.13. The SMILES string of the molecule is [B]CC1(C[B])CCN(SI)CC1. The Bertz CT molecular complexity index is 133. The first-order valence-electron chi connectivity index (χ1n) is 4.20. The van der Waals surface area contributed by atoms with E-state index in [0.29, 0.717) is 0 Å². The second-order valence-electron chi connectivity index (χ2n) is 3.41. The average molecular weight is 291 g/mol. The van der Waals surface area contributed by atoms with Crippen LogP contribution in [0.15, 0.2) is 0 Å². The van der Waals surface area contributed by atoms with Crippen molar-refractivity contribution in [1.82, 2.24) is 4.31 Å². The summed E-state index contributed by atoms with van der Waals surface area (Å²) in [5.41, 5.74) is 0.239. The van der Waals surface area contributed by atoms with Gasteiger partial charge in [-0.05, 0) is 27.4 Å². The minimum atomic E-state index is 0.239. The lowest BCUT2D eigenvalue weighted by Crippen LogP contribution is -2.35. The molecule has 12 heavy (non-hydrogen) atoms. The summed E-state index contributed by atoms with van der Waals surface area (Å²) in [5.74, 6) is 0. The molecule has 0 N–H and O–H groups in total. The first kappa shape index (κ1) is 11.2. The number of piperidine rings is 1. The molecule has 0 spiro atoms. The van der Waals surface area contributed by atoms with E-state index in [1.54, 1.807) is 9.12 Å². The maximum absolute atomic E-state index is 5.73. The summed E-state index contributed by atoms with van der Waals surface area (Å²) in [6.07, 6.45) is 3.78. The van der Waals surface area contributed by atoms with E-state index in [4.69, 9.17) is 15.7 Å². The van der Waals surface area contributed by atoms with Gasteiger partial charge in [-0.25, -0.2) is 4.31 Å². The monoisotopic (exact) mass is 291 g/mol. The van der Waals surface area contributed by atoms with Gasteiger partial charge in [-0.1, -0.05) is 12.6 Å². The van der Waals surface area contributed by atoms with E-state index in [0.717, 1.165) is 38.6 Å². The molecular weight excluding hydrogens is 279 g/mol. The van der Waals surface area contributed by atoms with Crippen LogP contribution in [-0.4, -0.2) is 33.1 Å². The number of hydrogen-bond donors (Lipinski definition) is 0. The quantitative estimate of drug-likeness (QED) is 0.446. The van der Waals surface area contributed by atoms with Gasteiger partial charge < -0.3 is 0 Å². The Hall–Kier alpha value is 1.17. The van der Waals surface area contributed by atoms with Crippen molar-refractivity contribution >= 4 is 46.0 Å². The van der Waals surface area contributed by atoms with Gasteiger partial charge in [-0.3, -0.25) is 0 Å². The molecule has 0 aromatic rings. The standard InChI is InChI=1S/C7H12B2INS/c8-5-7(6-9)1-3-11(12-10)4-2-7/h1-6H2. The zero-order valence-corrected chi connectivity index (χ0v) is 10.1. The van der Waals surface area contributed by atoms with E-state index in [-0.39, 0.29) is 5.41 Å². The van der Waals surface area contributed by atoms with Crippen LogP contribution in [0.1, 0.15) is 12.8 Å². The fourth-order valence-corrected chi connectivity index (χ4v) is 3.02. The van der Waals surface area contributed by atoms with Crippen LogP contribution >= 0.6 is 30.3 Å². The second-order valence-corrected chi connectivity index (χ2v) is 5.24. The Balaban J connectivity index is 2.42. The molecule has 0 unspecified atom stereocenters. The van der Waals surface area contributed by atoms with Crippen LogP contribution in [0.25, 0.3) is 0 Å². The van der Waals surface area contributed by atoms with Crippen LogP contribution in [0.5, 0.6) is 0 Å². The normalized spacial score (nSPS) is 24.1. The van der Waals surface area contributed by atoms with Gasteiger partial charge in [0.25, 0.3) is 0 Å². The van der Waals surface area contributed by atoms with Gasteiger partial charge >= 0.3 is 0 Å². The highest BCUT2D eigenvalue weighted by molar-refractivity contribution is 14.2. The predicted molar refractivity (Wildman–Crippen MR) is 66.0 cm³/mol. The van der Waals surface area contributed by atoms with Crippen LogP contribution in [0, 0.1) is 5.41 Å². The van der Waals surface area contributed by atoms with Crippen LogP contribution in [0.3, 0.4) is 0 Å². The minimum absolute atomic E-state index is 0.239. The van der Waals surface area contributed by atoms with Gasteiger partial charge in [-0.2, -0.15) is 0 Å². The third kappa shape index (κ3) is 2.58. The van der Waals surface area contributed by atoms with Crippen LogP contribution < -0.4 is 0 Å². The third-order valence-corrected chi connectivity index (χ3v) is 4.98. The summed E-state index contributed by atoms with van der Waals surface area (Å²) >= 11 is 2.32. The summed E-state index contributed by atoms with van der Waals surface area (Å²) < 4.78 is 2.37. The summed E-state index contributed by atoms with van der Waals surface area (Å²) in [7, 11) is 13.2. The summed E-state index contributed by atoms with van der Waals surface area (Å²) in [6, 6.07) is 0. The Labute approximate surface area is 94.0 Å². The fourth-order valence-electron chi connectivity index (χ4n) is 1.52.